The third-order valence-corrected chi connectivity index (χ3v) is 6.44. The summed E-state index contributed by atoms with van der Waals surface area (Å²) in [5.41, 5.74) is 1.13. The molecule has 1 aromatic carbocycles. The summed E-state index contributed by atoms with van der Waals surface area (Å²) >= 11 is 1.62. The van der Waals surface area contributed by atoms with E-state index in [1.165, 1.54) is 6.07 Å². The summed E-state index contributed by atoms with van der Waals surface area (Å²) in [6.07, 6.45) is 4.64. The van der Waals surface area contributed by atoms with Crippen molar-refractivity contribution in [2.45, 2.75) is 30.7 Å². The number of benzene rings is 1. The van der Waals surface area contributed by atoms with Gasteiger partial charge in [-0.2, -0.15) is 0 Å². The van der Waals surface area contributed by atoms with Gasteiger partial charge in [0.25, 0.3) is 0 Å². The zero-order chi connectivity index (χ0) is 18.7. The molecule has 0 bridgehead atoms. The van der Waals surface area contributed by atoms with E-state index in [4.69, 9.17) is 0 Å². The van der Waals surface area contributed by atoms with E-state index in [1.54, 1.807) is 36.6 Å². The molecule has 1 aliphatic heterocycles. The van der Waals surface area contributed by atoms with Crippen molar-refractivity contribution in [2.24, 2.45) is 0 Å². The Kier molecular flexibility index (Phi) is 5.47. The minimum Gasteiger partial charge on any atom is -0.348 e. The molecule has 1 aliphatic rings. The molecule has 1 aromatic heterocycles. The largest absolute Gasteiger partial charge is 0.348 e. The number of anilines is 2. The Labute approximate surface area is 157 Å². The number of aryl methyl sites for hydroxylation is 1. The van der Waals surface area contributed by atoms with E-state index in [0.717, 1.165) is 37.3 Å². The summed E-state index contributed by atoms with van der Waals surface area (Å²) in [6, 6.07) is 4.66. The second-order valence-corrected chi connectivity index (χ2v) is 9.28. The number of rotatable bonds is 4. The molecule has 9 heteroatoms. The zero-order valence-corrected chi connectivity index (χ0v) is 16.4. The van der Waals surface area contributed by atoms with E-state index in [9.17, 15) is 13.2 Å². The Bertz CT molecular complexity index is 873. The summed E-state index contributed by atoms with van der Waals surface area (Å²) in [5, 5.41) is 8.66. The molecular formula is C17H22N4O3S2. The number of urea groups is 1. The molecule has 0 unspecified atom stereocenters. The number of piperidine rings is 1. The molecule has 26 heavy (non-hydrogen) atoms. The second-order valence-electron chi connectivity index (χ2n) is 6.43. The molecule has 0 aliphatic carbocycles. The van der Waals surface area contributed by atoms with Gasteiger partial charge in [-0.1, -0.05) is 6.07 Å². The molecule has 1 saturated heterocycles. The van der Waals surface area contributed by atoms with Crippen LogP contribution in [-0.2, 0) is 9.84 Å². The van der Waals surface area contributed by atoms with Crippen LogP contribution in [0, 0.1) is 6.92 Å². The van der Waals surface area contributed by atoms with Gasteiger partial charge >= 0.3 is 6.03 Å². The first kappa shape index (κ1) is 18.7. The SMILES string of the molecule is Cc1ccc(NC(=O)NC2CCN(c3nccs3)CC2)cc1S(C)(=O)=O. The number of nitrogens with zero attached hydrogens (tertiary/aromatic N) is 2. The smallest absolute Gasteiger partial charge is 0.319 e. The van der Waals surface area contributed by atoms with E-state index in [1.807, 2.05) is 5.38 Å². The van der Waals surface area contributed by atoms with Crippen molar-refractivity contribution in [1.82, 2.24) is 10.3 Å². The molecule has 2 heterocycles. The monoisotopic (exact) mass is 394 g/mol. The number of nitrogens with one attached hydrogen (secondary N) is 2. The molecule has 2 amide bonds. The van der Waals surface area contributed by atoms with Crippen LogP contribution in [0.5, 0.6) is 0 Å². The van der Waals surface area contributed by atoms with Crippen molar-refractivity contribution in [3.8, 4) is 0 Å². The van der Waals surface area contributed by atoms with Crippen molar-refractivity contribution >= 4 is 38.0 Å². The Morgan fingerprint density at radius 3 is 2.65 bits per heavy atom. The van der Waals surface area contributed by atoms with Crippen LogP contribution in [0.15, 0.2) is 34.7 Å². The predicted molar refractivity (Wildman–Crippen MR) is 104 cm³/mol. The first-order valence-electron chi connectivity index (χ1n) is 8.35. The highest BCUT2D eigenvalue weighted by atomic mass is 32.2. The van der Waals surface area contributed by atoms with Crippen molar-refractivity contribution < 1.29 is 13.2 Å². The van der Waals surface area contributed by atoms with Crippen molar-refractivity contribution in [1.29, 1.82) is 0 Å². The number of hydrogen-bond acceptors (Lipinski definition) is 6. The Hall–Kier alpha value is -2.13. The van der Waals surface area contributed by atoms with Crippen LogP contribution in [0.4, 0.5) is 15.6 Å². The maximum atomic E-state index is 12.2. The van der Waals surface area contributed by atoms with E-state index >= 15 is 0 Å². The van der Waals surface area contributed by atoms with Crippen molar-refractivity contribution in [3.05, 3.63) is 35.3 Å². The quantitative estimate of drug-likeness (QED) is 0.832. The summed E-state index contributed by atoms with van der Waals surface area (Å²) in [6.45, 7) is 3.43. The van der Waals surface area contributed by atoms with Crippen LogP contribution >= 0.6 is 11.3 Å². The van der Waals surface area contributed by atoms with Crippen LogP contribution in [0.25, 0.3) is 0 Å². The number of thiazole rings is 1. The maximum absolute atomic E-state index is 12.2. The van der Waals surface area contributed by atoms with Gasteiger partial charge < -0.3 is 15.5 Å². The molecule has 3 rings (SSSR count). The van der Waals surface area contributed by atoms with Gasteiger partial charge in [-0.3, -0.25) is 0 Å². The minimum absolute atomic E-state index is 0.0889. The highest BCUT2D eigenvalue weighted by Crippen LogP contribution is 2.22. The lowest BCUT2D eigenvalue weighted by atomic mass is 10.1. The first-order valence-corrected chi connectivity index (χ1v) is 11.1. The normalized spacial score (nSPS) is 15.7. The molecule has 2 aromatic rings. The van der Waals surface area contributed by atoms with E-state index in [-0.39, 0.29) is 17.0 Å². The fraction of sp³-hybridized carbons (Fsp3) is 0.412. The molecule has 0 saturated carbocycles. The average molecular weight is 395 g/mol. The van der Waals surface area contributed by atoms with Gasteiger partial charge in [0, 0.05) is 42.7 Å². The van der Waals surface area contributed by atoms with Crippen molar-refractivity contribution in [3.63, 3.8) is 0 Å². The van der Waals surface area contributed by atoms with Gasteiger partial charge in [-0.25, -0.2) is 18.2 Å². The lowest BCUT2D eigenvalue weighted by Gasteiger charge is -2.32. The number of amides is 2. The minimum atomic E-state index is -3.33. The molecule has 0 atom stereocenters. The molecule has 140 valence electrons. The first-order chi connectivity index (χ1) is 12.3. The number of sulfone groups is 1. The van der Waals surface area contributed by atoms with Gasteiger partial charge in [0.1, 0.15) is 0 Å². The maximum Gasteiger partial charge on any atom is 0.319 e. The van der Waals surface area contributed by atoms with Crippen LogP contribution in [0.3, 0.4) is 0 Å². The van der Waals surface area contributed by atoms with E-state index in [0.29, 0.717) is 11.3 Å². The molecule has 2 N–H and O–H groups in total. The number of carbonyl (C=O) groups excluding carboxylic acids is 1. The highest BCUT2D eigenvalue weighted by Gasteiger charge is 2.22. The molecule has 1 fully saturated rings. The van der Waals surface area contributed by atoms with Crippen LogP contribution in [-0.4, -0.2) is 44.8 Å². The Morgan fingerprint density at radius 1 is 1.31 bits per heavy atom. The molecular weight excluding hydrogens is 372 g/mol. The van der Waals surface area contributed by atoms with Gasteiger partial charge in [0.15, 0.2) is 15.0 Å². The zero-order valence-electron chi connectivity index (χ0n) is 14.7. The fourth-order valence-corrected chi connectivity index (χ4v) is 4.71. The average Bonchev–Trinajstić information content (AvgIpc) is 3.11. The topological polar surface area (TPSA) is 91.4 Å². The summed E-state index contributed by atoms with van der Waals surface area (Å²) in [7, 11) is -3.33. The van der Waals surface area contributed by atoms with Gasteiger partial charge in [0.05, 0.1) is 4.90 Å². The summed E-state index contributed by atoms with van der Waals surface area (Å²) < 4.78 is 23.6. The van der Waals surface area contributed by atoms with Gasteiger partial charge in [0.2, 0.25) is 0 Å². The number of carbonyl (C=O) groups is 1. The standard InChI is InChI=1S/C17H22N4O3S2/c1-12-3-4-14(11-15(12)26(2,23)24)20-16(22)19-13-5-8-21(9-6-13)17-18-7-10-25-17/h3-4,7,10-11,13H,5-6,8-9H2,1-2H3,(H2,19,20,22). The Morgan fingerprint density at radius 2 is 2.04 bits per heavy atom. The fourth-order valence-electron chi connectivity index (χ4n) is 3.02. The van der Waals surface area contributed by atoms with Crippen LogP contribution in [0.1, 0.15) is 18.4 Å². The van der Waals surface area contributed by atoms with Crippen LogP contribution in [0.2, 0.25) is 0 Å². The third kappa shape index (κ3) is 4.53. The third-order valence-electron chi connectivity index (χ3n) is 4.37. The summed E-state index contributed by atoms with van der Waals surface area (Å²) in [4.78, 5) is 19.0. The van der Waals surface area contributed by atoms with E-state index < -0.39 is 9.84 Å². The number of aromatic nitrogens is 1. The molecule has 0 spiro atoms. The second kappa shape index (κ2) is 7.63. The number of hydrogen-bond donors (Lipinski definition) is 2. The summed E-state index contributed by atoms with van der Waals surface area (Å²) in [5.74, 6) is 0. The highest BCUT2D eigenvalue weighted by molar-refractivity contribution is 7.90. The molecule has 7 nitrogen and oxygen atoms in total. The lowest BCUT2D eigenvalue weighted by Crippen LogP contribution is -2.46. The Balaban J connectivity index is 1.55. The lowest BCUT2D eigenvalue weighted by molar-refractivity contribution is 0.246. The predicted octanol–water partition coefficient (Wildman–Crippen LogP) is 2.65. The molecule has 0 radical (unpaired) electrons. The van der Waals surface area contributed by atoms with Crippen molar-refractivity contribution in [2.75, 3.05) is 29.6 Å². The van der Waals surface area contributed by atoms with Gasteiger partial charge in [-0.15, -0.1) is 11.3 Å². The van der Waals surface area contributed by atoms with Gasteiger partial charge in [-0.05, 0) is 37.5 Å². The van der Waals surface area contributed by atoms with E-state index in [2.05, 4.69) is 20.5 Å². The van der Waals surface area contributed by atoms with Crippen LogP contribution < -0.4 is 15.5 Å².